The number of rotatable bonds is 5. The average Bonchev–Trinajstić information content (AvgIpc) is 2.40. The zero-order chi connectivity index (χ0) is 14.5. The highest BCUT2D eigenvalue weighted by Crippen LogP contribution is 2.31. The van der Waals surface area contributed by atoms with Crippen LogP contribution in [-0.2, 0) is 11.2 Å². The van der Waals surface area contributed by atoms with E-state index in [1.807, 2.05) is 26.0 Å². The molecular formula is C17H17FO2. The third-order valence-corrected chi connectivity index (χ3v) is 3.15. The largest absolute Gasteiger partial charge is 0.454 e. The zero-order valence-electron chi connectivity index (χ0n) is 11.7. The Hall–Kier alpha value is -2.16. The fourth-order valence-electron chi connectivity index (χ4n) is 2.22. The summed E-state index contributed by atoms with van der Waals surface area (Å²) in [6.45, 7) is 3.94. The van der Waals surface area contributed by atoms with E-state index in [0.717, 1.165) is 23.0 Å². The highest BCUT2D eigenvalue weighted by molar-refractivity contribution is 5.52. The van der Waals surface area contributed by atoms with Gasteiger partial charge in [0.15, 0.2) is 11.6 Å². The van der Waals surface area contributed by atoms with Crippen LogP contribution in [0.25, 0.3) is 0 Å². The van der Waals surface area contributed by atoms with Gasteiger partial charge in [-0.3, -0.25) is 0 Å². The lowest BCUT2D eigenvalue weighted by Crippen LogP contribution is -1.98. The van der Waals surface area contributed by atoms with Crippen LogP contribution in [0.1, 0.15) is 23.1 Å². The van der Waals surface area contributed by atoms with E-state index in [1.165, 1.54) is 6.07 Å². The molecule has 2 aromatic carbocycles. The Labute approximate surface area is 118 Å². The second kappa shape index (κ2) is 6.33. The molecule has 0 radical (unpaired) electrons. The van der Waals surface area contributed by atoms with E-state index < -0.39 is 5.82 Å². The Bertz CT molecular complexity index is 620. The molecule has 0 spiro atoms. The second-order valence-electron chi connectivity index (χ2n) is 4.80. The van der Waals surface area contributed by atoms with E-state index in [1.54, 1.807) is 18.2 Å². The maximum Gasteiger partial charge on any atom is 0.165 e. The highest BCUT2D eigenvalue weighted by atomic mass is 19.1. The molecule has 0 saturated heterocycles. The quantitative estimate of drug-likeness (QED) is 0.756. The maximum absolute atomic E-state index is 13.7. The Morgan fingerprint density at radius 3 is 2.60 bits per heavy atom. The molecule has 0 aromatic heterocycles. The van der Waals surface area contributed by atoms with Crippen molar-refractivity contribution >= 4 is 6.29 Å². The fraction of sp³-hybridized carbons (Fsp3) is 0.235. The van der Waals surface area contributed by atoms with Crippen molar-refractivity contribution < 1.29 is 13.9 Å². The molecule has 2 nitrogen and oxygen atoms in total. The molecule has 0 aliphatic rings. The first-order valence-corrected chi connectivity index (χ1v) is 6.58. The fourth-order valence-corrected chi connectivity index (χ4v) is 2.22. The van der Waals surface area contributed by atoms with Gasteiger partial charge in [-0.1, -0.05) is 18.2 Å². The number of halogens is 1. The van der Waals surface area contributed by atoms with Crippen LogP contribution < -0.4 is 4.74 Å². The lowest BCUT2D eigenvalue weighted by atomic mass is 10.0. The van der Waals surface area contributed by atoms with Crippen LogP contribution in [0.3, 0.4) is 0 Å². The molecule has 20 heavy (non-hydrogen) atoms. The van der Waals surface area contributed by atoms with Gasteiger partial charge >= 0.3 is 0 Å². The van der Waals surface area contributed by atoms with Crippen LogP contribution >= 0.6 is 0 Å². The molecule has 0 unspecified atom stereocenters. The second-order valence-corrected chi connectivity index (χ2v) is 4.80. The van der Waals surface area contributed by atoms with E-state index in [-0.39, 0.29) is 5.75 Å². The minimum atomic E-state index is -0.395. The lowest BCUT2D eigenvalue weighted by Gasteiger charge is -2.14. The first-order chi connectivity index (χ1) is 9.61. The summed E-state index contributed by atoms with van der Waals surface area (Å²) in [5.41, 5.74) is 3.05. The van der Waals surface area contributed by atoms with Crippen molar-refractivity contribution in [3.63, 3.8) is 0 Å². The molecule has 0 N–H and O–H groups in total. The molecule has 2 aromatic rings. The number of benzene rings is 2. The van der Waals surface area contributed by atoms with Crippen molar-refractivity contribution in [2.24, 2.45) is 0 Å². The summed E-state index contributed by atoms with van der Waals surface area (Å²) < 4.78 is 19.4. The van der Waals surface area contributed by atoms with Gasteiger partial charge in [-0.2, -0.15) is 0 Å². The number of aryl methyl sites for hydroxylation is 2. The molecule has 2 rings (SSSR count). The SMILES string of the molecule is Cc1cc(C)c(CCC=O)c(Oc2ccccc2F)c1. The summed E-state index contributed by atoms with van der Waals surface area (Å²) in [5, 5.41) is 0. The van der Waals surface area contributed by atoms with Gasteiger partial charge in [0.2, 0.25) is 0 Å². The minimum Gasteiger partial charge on any atom is -0.454 e. The van der Waals surface area contributed by atoms with Crippen molar-refractivity contribution in [2.45, 2.75) is 26.7 Å². The minimum absolute atomic E-state index is 0.199. The Morgan fingerprint density at radius 1 is 1.15 bits per heavy atom. The molecule has 0 bridgehead atoms. The molecule has 104 valence electrons. The van der Waals surface area contributed by atoms with Gasteiger partial charge in [0, 0.05) is 6.42 Å². The van der Waals surface area contributed by atoms with E-state index in [4.69, 9.17) is 4.74 Å². The smallest absolute Gasteiger partial charge is 0.165 e. The summed E-state index contributed by atoms with van der Waals surface area (Å²) in [7, 11) is 0. The predicted octanol–water partition coefficient (Wildman–Crippen LogP) is 4.37. The number of carbonyl (C=O) groups is 1. The van der Waals surface area contributed by atoms with Crippen molar-refractivity contribution in [3.05, 3.63) is 58.9 Å². The van der Waals surface area contributed by atoms with Crippen LogP contribution in [0.5, 0.6) is 11.5 Å². The van der Waals surface area contributed by atoms with Gasteiger partial charge < -0.3 is 9.53 Å². The number of para-hydroxylation sites is 1. The zero-order valence-corrected chi connectivity index (χ0v) is 11.7. The van der Waals surface area contributed by atoms with Gasteiger partial charge in [0.25, 0.3) is 0 Å². The number of aldehydes is 1. The third-order valence-electron chi connectivity index (χ3n) is 3.15. The Balaban J connectivity index is 2.39. The molecular weight excluding hydrogens is 255 g/mol. The summed E-state index contributed by atoms with van der Waals surface area (Å²) in [6, 6.07) is 10.2. The summed E-state index contributed by atoms with van der Waals surface area (Å²) in [5.74, 6) is 0.423. The number of hydrogen-bond donors (Lipinski definition) is 0. The molecule has 0 fully saturated rings. The topological polar surface area (TPSA) is 26.3 Å². The van der Waals surface area contributed by atoms with Crippen molar-refractivity contribution in [3.8, 4) is 11.5 Å². The molecule has 3 heteroatoms. The van der Waals surface area contributed by atoms with Gasteiger partial charge in [-0.25, -0.2) is 4.39 Å². The van der Waals surface area contributed by atoms with Gasteiger partial charge in [0.1, 0.15) is 12.0 Å². The van der Waals surface area contributed by atoms with E-state index in [0.29, 0.717) is 18.6 Å². The number of hydrogen-bond acceptors (Lipinski definition) is 2. The standard InChI is InChI=1S/C17H17FO2/c1-12-10-13(2)14(6-5-9-19)17(11-12)20-16-8-4-3-7-15(16)18/h3-4,7-11H,5-6H2,1-2H3. The van der Waals surface area contributed by atoms with Gasteiger partial charge in [0.05, 0.1) is 0 Å². The van der Waals surface area contributed by atoms with E-state index >= 15 is 0 Å². The molecule has 0 amide bonds. The normalized spacial score (nSPS) is 10.3. The van der Waals surface area contributed by atoms with E-state index in [2.05, 4.69) is 0 Å². The van der Waals surface area contributed by atoms with Crippen molar-refractivity contribution in [1.82, 2.24) is 0 Å². The first-order valence-electron chi connectivity index (χ1n) is 6.58. The highest BCUT2D eigenvalue weighted by Gasteiger charge is 2.11. The molecule has 0 atom stereocenters. The van der Waals surface area contributed by atoms with Gasteiger partial charge in [-0.15, -0.1) is 0 Å². The summed E-state index contributed by atoms with van der Waals surface area (Å²) in [4.78, 5) is 10.6. The molecule has 0 saturated carbocycles. The molecule has 0 heterocycles. The van der Waals surface area contributed by atoms with Crippen LogP contribution in [0.4, 0.5) is 4.39 Å². The molecule has 0 aliphatic heterocycles. The number of ether oxygens (including phenoxy) is 1. The Morgan fingerprint density at radius 2 is 1.90 bits per heavy atom. The van der Waals surface area contributed by atoms with Crippen molar-refractivity contribution in [1.29, 1.82) is 0 Å². The maximum atomic E-state index is 13.7. The van der Waals surface area contributed by atoms with Crippen LogP contribution in [0.2, 0.25) is 0 Å². The predicted molar refractivity (Wildman–Crippen MR) is 76.8 cm³/mol. The van der Waals surface area contributed by atoms with Crippen LogP contribution in [0, 0.1) is 19.7 Å². The summed E-state index contributed by atoms with van der Waals surface area (Å²) >= 11 is 0. The van der Waals surface area contributed by atoms with E-state index in [9.17, 15) is 9.18 Å². The van der Waals surface area contributed by atoms with Crippen LogP contribution in [-0.4, -0.2) is 6.29 Å². The van der Waals surface area contributed by atoms with Crippen LogP contribution in [0.15, 0.2) is 36.4 Å². The Kier molecular flexibility index (Phi) is 4.51. The van der Waals surface area contributed by atoms with Crippen molar-refractivity contribution in [2.75, 3.05) is 0 Å². The lowest BCUT2D eigenvalue weighted by molar-refractivity contribution is -0.107. The monoisotopic (exact) mass is 272 g/mol. The molecule has 0 aliphatic carbocycles. The first kappa shape index (κ1) is 14.3. The number of carbonyl (C=O) groups excluding carboxylic acids is 1. The van der Waals surface area contributed by atoms with Gasteiger partial charge in [-0.05, 0) is 55.2 Å². The average molecular weight is 272 g/mol. The third kappa shape index (κ3) is 3.23. The summed E-state index contributed by atoms with van der Waals surface area (Å²) in [6.07, 6.45) is 1.91.